The monoisotopic (exact) mass is 284 g/mol. The normalized spacial score (nSPS) is 10.4. The third-order valence-corrected chi connectivity index (χ3v) is 3.45. The summed E-state index contributed by atoms with van der Waals surface area (Å²) in [6.07, 6.45) is 1.65. The maximum Gasteiger partial charge on any atom is 0.253 e. The summed E-state index contributed by atoms with van der Waals surface area (Å²) in [4.78, 5) is 26.2. The average Bonchev–Trinajstić information content (AvgIpc) is 2.45. The fraction of sp³-hybridized carbons (Fsp3) is 0.294. The second-order valence-electron chi connectivity index (χ2n) is 5.10. The number of aryl methyl sites for hydroxylation is 2. The number of carbonyl (C=O) groups is 1. The summed E-state index contributed by atoms with van der Waals surface area (Å²) < 4.78 is 1.45. The highest BCUT2D eigenvalue weighted by Crippen LogP contribution is 2.16. The van der Waals surface area contributed by atoms with Crippen molar-refractivity contribution in [2.24, 2.45) is 0 Å². The largest absolute Gasteiger partial charge is 0.311 e. The lowest BCUT2D eigenvalue weighted by atomic mass is 10.2. The Morgan fingerprint density at radius 2 is 1.95 bits per heavy atom. The van der Waals surface area contributed by atoms with Crippen molar-refractivity contribution in [3.63, 3.8) is 0 Å². The highest BCUT2D eigenvalue weighted by molar-refractivity contribution is 5.93. The Hall–Kier alpha value is -2.36. The molecule has 0 N–H and O–H groups in total. The van der Waals surface area contributed by atoms with Gasteiger partial charge in [-0.2, -0.15) is 0 Å². The summed E-state index contributed by atoms with van der Waals surface area (Å²) in [5.41, 5.74) is 2.49. The van der Waals surface area contributed by atoms with Crippen LogP contribution in [0, 0.1) is 13.8 Å². The molecule has 0 bridgehead atoms. The minimum Gasteiger partial charge on any atom is -0.311 e. The third kappa shape index (κ3) is 3.40. The van der Waals surface area contributed by atoms with Gasteiger partial charge in [-0.15, -0.1) is 0 Å². The van der Waals surface area contributed by atoms with Crippen molar-refractivity contribution in [3.05, 3.63) is 64.1 Å². The van der Waals surface area contributed by atoms with Gasteiger partial charge in [-0.3, -0.25) is 9.59 Å². The van der Waals surface area contributed by atoms with Gasteiger partial charge in [0.15, 0.2) is 0 Å². The van der Waals surface area contributed by atoms with Crippen molar-refractivity contribution in [3.8, 4) is 0 Å². The van der Waals surface area contributed by atoms with E-state index < -0.39 is 0 Å². The smallest absolute Gasteiger partial charge is 0.253 e. The van der Waals surface area contributed by atoms with Crippen LogP contribution in [0.25, 0.3) is 0 Å². The van der Waals surface area contributed by atoms with Crippen LogP contribution in [0.5, 0.6) is 0 Å². The number of anilines is 1. The van der Waals surface area contributed by atoms with Crippen LogP contribution in [-0.2, 0) is 11.3 Å². The molecule has 2 aromatic rings. The lowest BCUT2D eigenvalue weighted by Crippen LogP contribution is -2.36. The molecule has 4 nitrogen and oxygen atoms in total. The predicted octanol–water partition coefficient (Wildman–Crippen LogP) is 2.52. The number of benzene rings is 1. The van der Waals surface area contributed by atoms with Crippen molar-refractivity contribution in [1.82, 2.24) is 4.57 Å². The van der Waals surface area contributed by atoms with Crippen molar-refractivity contribution in [1.29, 1.82) is 0 Å². The topological polar surface area (TPSA) is 42.3 Å². The number of pyridine rings is 1. The number of aromatic nitrogens is 1. The Balaban J connectivity index is 2.25. The van der Waals surface area contributed by atoms with Gasteiger partial charge in [-0.1, -0.05) is 18.2 Å². The van der Waals surface area contributed by atoms with Crippen LogP contribution in [0.2, 0.25) is 0 Å². The number of rotatable bonds is 4. The zero-order chi connectivity index (χ0) is 15.4. The second kappa shape index (κ2) is 6.39. The Labute approximate surface area is 124 Å². The molecule has 0 saturated heterocycles. The second-order valence-corrected chi connectivity index (χ2v) is 5.10. The Bertz CT molecular complexity index is 704. The van der Waals surface area contributed by atoms with E-state index in [1.54, 1.807) is 30.2 Å². The first-order valence-corrected chi connectivity index (χ1v) is 7.06. The molecule has 0 aliphatic carbocycles. The van der Waals surface area contributed by atoms with E-state index in [-0.39, 0.29) is 18.0 Å². The molecule has 110 valence electrons. The van der Waals surface area contributed by atoms with E-state index in [0.717, 1.165) is 11.3 Å². The van der Waals surface area contributed by atoms with Gasteiger partial charge >= 0.3 is 0 Å². The first-order chi connectivity index (χ1) is 10.0. The van der Waals surface area contributed by atoms with E-state index in [1.807, 2.05) is 38.1 Å². The Kier molecular flexibility index (Phi) is 4.58. The number of nitrogens with zero attached hydrogens (tertiary/aromatic N) is 2. The van der Waals surface area contributed by atoms with E-state index in [4.69, 9.17) is 0 Å². The van der Waals surface area contributed by atoms with Crippen LogP contribution in [0.1, 0.15) is 18.1 Å². The van der Waals surface area contributed by atoms with E-state index in [2.05, 4.69) is 0 Å². The standard InChI is InChI=1S/C17H20N2O2/c1-4-19(15-9-5-7-13(2)11-15)16(20)12-18-10-6-8-14(3)17(18)21/h5-11H,4,12H2,1-3H3. The summed E-state index contributed by atoms with van der Waals surface area (Å²) in [7, 11) is 0. The Morgan fingerprint density at radius 1 is 1.19 bits per heavy atom. The summed E-state index contributed by atoms with van der Waals surface area (Å²) in [5.74, 6) is -0.0872. The van der Waals surface area contributed by atoms with E-state index in [1.165, 1.54) is 4.57 Å². The number of hydrogen-bond donors (Lipinski definition) is 0. The highest BCUT2D eigenvalue weighted by Gasteiger charge is 2.15. The zero-order valence-corrected chi connectivity index (χ0v) is 12.7. The minimum absolute atomic E-state index is 0.0578. The van der Waals surface area contributed by atoms with Gasteiger partial charge in [-0.05, 0) is 44.5 Å². The molecule has 0 aliphatic heterocycles. The van der Waals surface area contributed by atoms with Gasteiger partial charge in [-0.25, -0.2) is 0 Å². The van der Waals surface area contributed by atoms with Crippen LogP contribution in [-0.4, -0.2) is 17.0 Å². The summed E-state index contributed by atoms with van der Waals surface area (Å²) >= 11 is 0. The molecule has 4 heteroatoms. The van der Waals surface area contributed by atoms with E-state index in [9.17, 15) is 9.59 Å². The lowest BCUT2D eigenvalue weighted by Gasteiger charge is -2.22. The van der Waals surface area contributed by atoms with Crippen LogP contribution < -0.4 is 10.5 Å². The van der Waals surface area contributed by atoms with Crippen LogP contribution in [0.3, 0.4) is 0 Å². The SMILES string of the molecule is CCN(C(=O)Cn1cccc(C)c1=O)c1cccc(C)c1. The third-order valence-electron chi connectivity index (χ3n) is 3.45. The molecule has 2 rings (SSSR count). The molecule has 1 amide bonds. The van der Waals surface area contributed by atoms with Crippen molar-refractivity contribution < 1.29 is 4.79 Å². The van der Waals surface area contributed by atoms with Crippen LogP contribution in [0.4, 0.5) is 5.69 Å². The number of amides is 1. The average molecular weight is 284 g/mol. The predicted molar refractivity (Wildman–Crippen MR) is 84.6 cm³/mol. The van der Waals surface area contributed by atoms with E-state index >= 15 is 0 Å². The fourth-order valence-corrected chi connectivity index (χ4v) is 2.31. The zero-order valence-electron chi connectivity index (χ0n) is 12.7. The van der Waals surface area contributed by atoms with Crippen molar-refractivity contribution >= 4 is 11.6 Å². The van der Waals surface area contributed by atoms with Gasteiger partial charge in [0, 0.05) is 24.0 Å². The summed E-state index contributed by atoms with van der Waals surface area (Å²) in [5, 5.41) is 0. The van der Waals surface area contributed by atoms with Crippen LogP contribution in [0.15, 0.2) is 47.4 Å². The fourth-order valence-electron chi connectivity index (χ4n) is 2.31. The highest BCUT2D eigenvalue weighted by atomic mass is 16.2. The number of likely N-dealkylation sites (N-methyl/N-ethyl adjacent to an activating group) is 1. The summed E-state index contributed by atoms with van der Waals surface area (Å²) in [6.45, 7) is 6.30. The first kappa shape index (κ1) is 15.0. The molecule has 0 saturated carbocycles. The quantitative estimate of drug-likeness (QED) is 0.865. The maximum atomic E-state index is 12.5. The summed E-state index contributed by atoms with van der Waals surface area (Å²) in [6, 6.07) is 11.3. The molecular weight excluding hydrogens is 264 g/mol. The van der Waals surface area contributed by atoms with Crippen molar-refractivity contribution in [2.75, 3.05) is 11.4 Å². The molecular formula is C17H20N2O2. The minimum atomic E-state index is -0.119. The molecule has 1 aromatic carbocycles. The van der Waals surface area contributed by atoms with Gasteiger partial charge < -0.3 is 9.47 Å². The number of hydrogen-bond acceptors (Lipinski definition) is 2. The molecule has 1 aromatic heterocycles. The molecule has 1 heterocycles. The molecule has 21 heavy (non-hydrogen) atoms. The molecule has 0 radical (unpaired) electrons. The van der Waals surface area contributed by atoms with Crippen molar-refractivity contribution in [2.45, 2.75) is 27.3 Å². The van der Waals surface area contributed by atoms with Gasteiger partial charge in [0.05, 0.1) is 0 Å². The van der Waals surface area contributed by atoms with Gasteiger partial charge in [0.1, 0.15) is 6.54 Å². The van der Waals surface area contributed by atoms with Gasteiger partial charge in [0.2, 0.25) is 5.91 Å². The lowest BCUT2D eigenvalue weighted by molar-refractivity contribution is -0.119. The number of carbonyl (C=O) groups excluding carboxylic acids is 1. The van der Waals surface area contributed by atoms with E-state index in [0.29, 0.717) is 12.1 Å². The van der Waals surface area contributed by atoms with Crippen LogP contribution >= 0.6 is 0 Å². The molecule has 0 spiro atoms. The Morgan fingerprint density at radius 3 is 2.62 bits per heavy atom. The molecule has 0 aliphatic rings. The maximum absolute atomic E-state index is 12.5. The molecule has 0 fully saturated rings. The van der Waals surface area contributed by atoms with Gasteiger partial charge in [0.25, 0.3) is 5.56 Å². The first-order valence-electron chi connectivity index (χ1n) is 7.06. The molecule has 0 unspecified atom stereocenters. The molecule has 0 atom stereocenters.